The lowest BCUT2D eigenvalue weighted by Gasteiger charge is -2.24. The first-order chi connectivity index (χ1) is 9.24. The molecule has 0 radical (unpaired) electrons. The molecule has 4 heteroatoms. The highest BCUT2D eigenvalue weighted by Gasteiger charge is 2.18. The molecule has 1 aromatic carbocycles. The van der Waals surface area contributed by atoms with Crippen LogP contribution in [0.3, 0.4) is 0 Å². The van der Waals surface area contributed by atoms with Gasteiger partial charge in [-0.15, -0.1) is 0 Å². The van der Waals surface area contributed by atoms with Crippen LogP contribution in [0.25, 0.3) is 0 Å². The molecular weight excluding hydrogens is 258 g/mol. The van der Waals surface area contributed by atoms with Gasteiger partial charge in [0.05, 0.1) is 19.2 Å². The Kier molecular flexibility index (Phi) is 5.02. The van der Waals surface area contributed by atoms with E-state index in [4.69, 9.17) is 21.7 Å². The van der Waals surface area contributed by atoms with E-state index in [1.54, 1.807) is 14.2 Å². The number of benzene rings is 1. The van der Waals surface area contributed by atoms with Gasteiger partial charge in [0.25, 0.3) is 0 Å². The van der Waals surface area contributed by atoms with Crippen LogP contribution in [0.2, 0.25) is 0 Å². The highest BCUT2D eigenvalue weighted by Crippen LogP contribution is 2.29. The van der Waals surface area contributed by atoms with Crippen molar-refractivity contribution in [1.82, 2.24) is 5.32 Å². The fourth-order valence-electron chi connectivity index (χ4n) is 2.49. The summed E-state index contributed by atoms with van der Waals surface area (Å²) in [5.74, 6) is 2.10. The largest absolute Gasteiger partial charge is 0.493 e. The lowest BCUT2D eigenvalue weighted by atomic mass is 9.92. The zero-order chi connectivity index (χ0) is 13.7. The maximum Gasteiger partial charge on any atom is 0.160 e. The van der Waals surface area contributed by atoms with Crippen LogP contribution >= 0.6 is 12.2 Å². The van der Waals surface area contributed by atoms with E-state index >= 15 is 0 Å². The normalized spacial score (nSPS) is 18.8. The van der Waals surface area contributed by atoms with Crippen LogP contribution in [-0.2, 0) is 6.42 Å². The zero-order valence-electron chi connectivity index (χ0n) is 11.6. The van der Waals surface area contributed by atoms with Crippen molar-refractivity contribution in [3.63, 3.8) is 0 Å². The minimum absolute atomic E-state index is 0.525. The molecule has 0 aliphatic carbocycles. The molecule has 1 saturated heterocycles. The molecule has 2 rings (SSSR count). The minimum Gasteiger partial charge on any atom is -0.493 e. The van der Waals surface area contributed by atoms with E-state index < -0.39 is 0 Å². The van der Waals surface area contributed by atoms with Crippen LogP contribution in [0.5, 0.6) is 11.5 Å². The Balaban J connectivity index is 1.97. The quantitative estimate of drug-likeness (QED) is 0.840. The van der Waals surface area contributed by atoms with Gasteiger partial charge in [-0.25, -0.2) is 0 Å². The molecule has 1 heterocycles. The van der Waals surface area contributed by atoms with E-state index in [1.807, 2.05) is 6.07 Å². The minimum atomic E-state index is 0.525. The predicted molar refractivity (Wildman–Crippen MR) is 81.2 cm³/mol. The van der Waals surface area contributed by atoms with Gasteiger partial charge in [-0.05, 0) is 43.4 Å². The summed E-state index contributed by atoms with van der Waals surface area (Å²) in [6, 6.07) is 6.12. The van der Waals surface area contributed by atoms with Crippen molar-refractivity contribution in [2.45, 2.75) is 25.7 Å². The lowest BCUT2D eigenvalue weighted by Crippen LogP contribution is -2.35. The molecule has 0 bridgehead atoms. The molecule has 1 aliphatic rings. The summed E-state index contributed by atoms with van der Waals surface area (Å²) < 4.78 is 10.6. The fourth-order valence-corrected chi connectivity index (χ4v) is 2.83. The second kappa shape index (κ2) is 6.75. The molecule has 0 spiro atoms. The smallest absolute Gasteiger partial charge is 0.160 e. The van der Waals surface area contributed by atoms with Gasteiger partial charge in [0.2, 0.25) is 0 Å². The average molecular weight is 279 g/mol. The van der Waals surface area contributed by atoms with Crippen LogP contribution in [0.1, 0.15) is 24.8 Å². The standard InChI is InChI=1S/C15H21NO2S/c1-17-13-8-6-11(10-14(13)18-2)5-7-12-4-3-9-16-15(12)19/h6,8,10,12H,3-5,7,9H2,1-2H3,(H,16,19). The fraction of sp³-hybridized carbons (Fsp3) is 0.533. The third-order valence-corrected chi connectivity index (χ3v) is 4.11. The topological polar surface area (TPSA) is 30.5 Å². The van der Waals surface area contributed by atoms with Gasteiger partial charge in [-0.1, -0.05) is 18.3 Å². The van der Waals surface area contributed by atoms with E-state index in [1.165, 1.54) is 18.4 Å². The molecule has 1 aliphatic heterocycles. The summed E-state index contributed by atoms with van der Waals surface area (Å²) in [5.41, 5.74) is 1.27. The van der Waals surface area contributed by atoms with Crippen molar-refractivity contribution in [1.29, 1.82) is 0 Å². The number of hydrogen-bond donors (Lipinski definition) is 1. The Labute approximate surface area is 120 Å². The average Bonchev–Trinajstić information content (AvgIpc) is 2.46. The van der Waals surface area contributed by atoms with Gasteiger partial charge in [0.15, 0.2) is 11.5 Å². The highest BCUT2D eigenvalue weighted by molar-refractivity contribution is 7.80. The lowest BCUT2D eigenvalue weighted by molar-refractivity contribution is 0.354. The van der Waals surface area contributed by atoms with Gasteiger partial charge < -0.3 is 14.8 Å². The number of methoxy groups -OCH3 is 2. The van der Waals surface area contributed by atoms with Gasteiger partial charge in [0.1, 0.15) is 0 Å². The third kappa shape index (κ3) is 3.60. The Morgan fingerprint density at radius 3 is 2.74 bits per heavy atom. The van der Waals surface area contributed by atoms with E-state index in [2.05, 4.69) is 17.4 Å². The van der Waals surface area contributed by atoms with Crippen LogP contribution < -0.4 is 14.8 Å². The molecular formula is C15H21NO2S. The summed E-state index contributed by atoms with van der Waals surface area (Å²) >= 11 is 5.37. The van der Waals surface area contributed by atoms with Gasteiger partial charge >= 0.3 is 0 Å². The number of hydrogen-bond acceptors (Lipinski definition) is 3. The molecule has 104 valence electrons. The summed E-state index contributed by atoms with van der Waals surface area (Å²) in [4.78, 5) is 1.03. The number of ether oxygens (including phenoxy) is 2. The number of nitrogens with one attached hydrogen (secondary N) is 1. The van der Waals surface area contributed by atoms with Crippen molar-refractivity contribution < 1.29 is 9.47 Å². The first-order valence-electron chi connectivity index (χ1n) is 6.73. The Hall–Kier alpha value is -1.29. The SMILES string of the molecule is COc1ccc(CCC2CCCNC2=S)cc1OC. The second-order valence-electron chi connectivity index (χ2n) is 4.86. The summed E-state index contributed by atoms with van der Waals surface area (Å²) in [5, 5.41) is 3.30. The third-order valence-electron chi connectivity index (χ3n) is 3.63. The van der Waals surface area contributed by atoms with Crippen LogP contribution in [0, 0.1) is 5.92 Å². The number of piperidine rings is 1. The van der Waals surface area contributed by atoms with E-state index in [9.17, 15) is 0 Å². The van der Waals surface area contributed by atoms with E-state index in [0.717, 1.165) is 35.9 Å². The van der Waals surface area contributed by atoms with Gasteiger partial charge in [-0.2, -0.15) is 0 Å². The molecule has 19 heavy (non-hydrogen) atoms. The van der Waals surface area contributed by atoms with Crippen LogP contribution in [0.4, 0.5) is 0 Å². The summed E-state index contributed by atoms with van der Waals surface area (Å²) in [6.07, 6.45) is 4.55. The van der Waals surface area contributed by atoms with Crippen molar-refractivity contribution >= 4 is 17.2 Å². The van der Waals surface area contributed by atoms with Gasteiger partial charge in [-0.3, -0.25) is 0 Å². The maximum absolute atomic E-state index is 5.37. The van der Waals surface area contributed by atoms with Crippen LogP contribution in [-0.4, -0.2) is 25.8 Å². The zero-order valence-corrected chi connectivity index (χ0v) is 12.4. The first kappa shape index (κ1) is 14.1. The van der Waals surface area contributed by atoms with Crippen LogP contribution in [0.15, 0.2) is 18.2 Å². The van der Waals surface area contributed by atoms with Gasteiger partial charge in [0, 0.05) is 12.5 Å². The molecule has 0 amide bonds. The van der Waals surface area contributed by atoms with Crippen molar-refractivity contribution in [3.05, 3.63) is 23.8 Å². The number of rotatable bonds is 5. The molecule has 1 atom stereocenters. The highest BCUT2D eigenvalue weighted by atomic mass is 32.1. The second-order valence-corrected chi connectivity index (χ2v) is 5.30. The molecule has 1 fully saturated rings. The number of thiocarbonyl (C=S) groups is 1. The molecule has 1 N–H and O–H groups in total. The molecule has 0 aromatic heterocycles. The first-order valence-corrected chi connectivity index (χ1v) is 7.14. The van der Waals surface area contributed by atoms with Crippen molar-refractivity contribution in [2.75, 3.05) is 20.8 Å². The maximum atomic E-state index is 5.37. The Morgan fingerprint density at radius 2 is 2.05 bits per heavy atom. The monoisotopic (exact) mass is 279 g/mol. The molecule has 1 aromatic rings. The summed E-state index contributed by atoms with van der Waals surface area (Å²) in [7, 11) is 3.32. The van der Waals surface area contributed by atoms with E-state index in [-0.39, 0.29) is 0 Å². The predicted octanol–water partition coefficient (Wildman–Crippen LogP) is 2.96. The van der Waals surface area contributed by atoms with Crippen molar-refractivity contribution in [2.24, 2.45) is 5.92 Å². The Bertz CT molecular complexity index is 448. The summed E-state index contributed by atoms with van der Waals surface area (Å²) in [6.45, 7) is 1.03. The Morgan fingerprint density at radius 1 is 1.26 bits per heavy atom. The van der Waals surface area contributed by atoms with E-state index in [0.29, 0.717) is 5.92 Å². The molecule has 0 saturated carbocycles. The molecule has 3 nitrogen and oxygen atoms in total. The molecule has 1 unspecified atom stereocenters. The van der Waals surface area contributed by atoms with Crippen molar-refractivity contribution in [3.8, 4) is 11.5 Å². The number of aryl methyl sites for hydroxylation is 1.